The molecule has 0 N–H and O–H groups in total. The number of carbonyl (C=O) groups is 2. The van der Waals surface area contributed by atoms with Crippen molar-refractivity contribution in [1.29, 1.82) is 0 Å². The number of hydrogen-bond acceptors (Lipinski definition) is 2. The molecule has 1 saturated heterocycles. The average molecular weight is 180 g/mol. The number of fused-ring (bicyclic) bond motifs is 1. The van der Waals surface area contributed by atoms with Crippen LogP contribution >= 0.6 is 0 Å². The number of amides is 2. The minimum atomic E-state index is -0.428. The normalized spacial score (nSPS) is 32.8. The predicted molar refractivity (Wildman–Crippen MR) is 46.4 cm³/mol. The maximum Gasteiger partial charge on any atom is 0.249 e. The maximum absolute atomic E-state index is 11.4. The van der Waals surface area contributed by atoms with Crippen LogP contribution in [0.2, 0.25) is 0 Å². The molecule has 1 fully saturated rings. The molecule has 0 radical (unpaired) electrons. The van der Waals surface area contributed by atoms with Gasteiger partial charge in [0.1, 0.15) is 5.66 Å². The predicted octanol–water partition coefficient (Wildman–Crippen LogP) is 0.311. The van der Waals surface area contributed by atoms with Crippen LogP contribution in [-0.2, 0) is 9.59 Å². The smallest absolute Gasteiger partial charge is 0.249 e. The topological polar surface area (TPSA) is 40.6 Å². The van der Waals surface area contributed by atoms with Crippen molar-refractivity contribution in [3.05, 3.63) is 12.3 Å². The molecule has 0 aromatic carbocycles. The Kier molecular flexibility index (Phi) is 1.49. The van der Waals surface area contributed by atoms with Crippen LogP contribution in [0.15, 0.2) is 12.3 Å². The van der Waals surface area contributed by atoms with Gasteiger partial charge in [-0.2, -0.15) is 0 Å². The van der Waals surface area contributed by atoms with Gasteiger partial charge in [-0.05, 0) is 13.3 Å². The van der Waals surface area contributed by atoms with Crippen LogP contribution in [0, 0.1) is 0 Å². The van der Waals surface area contributed by atoms with Crippen molar-refractivity contribution in [2.24, 2.45) is 0 Å². The maximum atomic E-state index is 11.4. The van der Waals surface area contributed by atoms with E-state index in [0.29, 0.717) is 6.42 Å². The zero-order valence-corrected chi connectivity index (χ0v) is 7.78. The lowest BCUT2D eigenvalue weighted by molar-refractivity contribution is -0.142. The van der Waals surface area contributed by atoms with Crippen LogP contribution in [0.1, 0.15) is 19.8 Å². The highest BCUT2D eigenvalue weighted by atomic mass is 16.2. The van der Waals surface area contributed by atoms with Gasteiger partial charge in [0.25, 0.3) is 0 Å². The van der Waals surface area contributed by atoms with Crippen molar-refractivity contribution >= 4 is 11.8 Å². The minimum Gasteiger partial charge on any atom is -0.319 e. The van der Waals surface area contributed by atoms with E-state index in [1.54, 1.807) is 23.0 Å². The number of rotatable bonds is 0. The zero-order chi connectivity index (χ0) is 9.64. The summed E-state index contributed by atoms with van der Waals surface area (Å²) in [6.45, 7) is 1.92. The standard InChI is InChI=1S/C9H12N2O2/c1-9-5-3-8(13)11(9)6-4-7(12)10(9)2/h4,6H,3,5H2,1-2H3/t9-/m0/s1. The number of nitrogens with zero attached hydrogens (tertiary/aromatic N) is 2. The molecule has 1 atom stereocenters. The van der Waals surface area contributed by atoms with Gasteiger partial charge in [0.15, 0.2) is 0 Å². The molecule has 0 spiro atoms. The molecule has 4 heteroatoms. The van der Waals surface area contributed by atoms with Crippen LogP contribution in [0.5, 0.6) is 0 Å². The SMILES string of the molecule is CN1C(=O)C=CN2C(=O)CC[C@@]12C. The van der Waals surface area contributed by atoms with Crippen molar-refractivity contribution in [3.8, 4) is 0 Å². The zero-order valence-electron chi connectivity index (χ0n) is 7.78. The molecule has 2 aliphatic rings. The van der Waals surface area contributed by atoms with E-state index in [4.69, 9.17) is 0 Å². The summed E-state index contributed by atoms with van der Waals surface area (Å²) in [6.07, 6.45) is 4.28. The van der Waals surface area contributed by atoms with E-state index >= 15 is 0 Å². The Morgan fingerprint density at radius 3 is 2.85 bits per heavy atom. The van der Waals surface area contributed by atoms with Crippen molar-refractivity contribution < 1.29 is 9.59 Å². The molecule has 0 unspecified atom stereocenters. The van der Waals surface area contributed by atoms with Gasteiger partial charge in [0, 0.05) is 25.7 Å². The number of likely N-dealkylation sites (N-methyl/N-ethyl adjacent to an activating group) is 1. The molecule has 70 valence electrons. The lowest BCUT2D eigenvalue weighted by Crippen LogP contribution is -2.56. The number of hydrogen-bond donors (Lipinski definition) is 0. The monoisotopic (exact) mass is 180 g/mol. The second kappa shape index (κ2) is 2.34. The van der Waals surface area contributed by atoms with Gasteiger partial charge in [-0.1, -0.05) is 0 Å². The van der Waals surface area contributed by atoms with Gasteiger partial charge < -0.3 is 4.90 Å². The molecular weight excluding hydrogens is 168 g/mol. The molecule has 0 aromatic rings. The van der Waals surface area contributed by atoms with E-state index in [0.717, 1.165) is 6.42 Å². The largest absolute Gasteiger partial charge is 0.319 e. The average Bonchev–Trinajstić information content (AvgIpc) is 2.39. The van der Waals surface area contributed by atoms with Gasteiger partial charge in [0.2, 0.25) is 11.8 Å². The molecule has 13 heavy (non-hydrogen) atoms. The quantitative estimate of drug-likeness (QED) is 0.538. The highest BCUT2D eigenvalue weighted by Gasteiger charge is 2.46. The summed E-state index contributed by atoms with van der Waals surface area (Å²) in [5.41, 5.74) is -0.428. The fraction of sp³-hybridized carbons (Fsp3) is 0.556. The van der Waals surface area contributed by atoms with Crippen molar-refractivity contribution in [1.82, 2.24) is 9.80 Å². The Labute approximate surface area is 76.8 Å². The number of carbonyl (C=O) groups excluding carboxylic acids is 2. The third-order valence-corrected chi connectivity index (χ3v) is 3.02. The van der Waals surface area contributed by atoms with E-state index in [1.165, 1.54) is 6.08 Å². The molecule has 0 saturated carbocycles. The van der Waals surface area contributed by atoms with Crippen LogP contribution in [0.3, 0.4) is 0 Å². The molecule has 2 aliphatic heterocycles. The second-order valence-electron chi connectivity index (χ2n) is 3.69. The first kappa shape index (κ1) is 8.29. The third kappa shape index (κ3) is 0.913. The van der Waals surface area contributed by atoms with Gasteiger partial charge in [-0.25, -0.2) is 0 Å². The highest BCUT2D eigenvalue weighted by molar-refractivity contribution is 5.92. The summed E-state index contributed by atoms with van der Waals surface area (Å²) < 4.78 is 0. The summed E-state index contributed by atoms with van der Waals surface area (Å²) in [7, 11) is 1.73. The van der Waals surface area contributed by atoms with Crippen LogP contribution in [0.25, 0.3) is 0 Å². The highest BCUT2D eigenvalue weighted by Crippen LogP contribution is 2.34. The second-order valence-corrected chi connectivity index (χ2v) is 3.69. The fourth-order valence-corrected chi connectivity index (χ4v) is 1.91. The van der Waals surface area contributed by atoms with Crippen molar-refractivity contribution in [3.63, 3.8) is 0 Å². The molecule has 2 rings (SSSR count). The first-order valence-electron chi connectivity index (χ1n) is 4.34. The summed E-state index contributed by atoms with van der Waals surface area (Å²) in [5, 5.41) is 0. The molecule has 2 heterocycles. The summed E-state index contributed by atoms with van der Waals surface area (Å²) in [5.74, 6) is 0.0616. The van der Waals surface area contributed by atoms with Crippen LogP contribution < -0.4 is 0 Å². The Hall–Kier alpha value is -1.32. The lowest BCUT2D eigenvalue weighted by Gasteiger charge is -2.43. The van der Waals surface area contributed by atoms with E-state index in [-0.39, 0.29) is 11.8 Å². The molecule has 2 amide bonds. The van der Waals surface area contributed by atoms with Gasteiger partial charge >= 0.3 is 0 Å². The molecular formula is C9H12N2O2. The van der Waals surface area contributed by atoms with Gasteiger partial charge in [-0.3, -0.25) is 14.5 Å². The minimum absolute atomic E-state index is 0.0338. The van der Waals surface area contributed by atoms with E-state index in [1.807, 2.05) is 6.92 Å². The van der Waals surface area contributed by atoms with E-state index in [2.05, 4.69) is 0 Å². The molecule has 4 nitrogen and oxygen atoms in total. The summed E-state index contributed by atoms with van der Waals surface area (Å²) >= 11 is 0. The third-order valence-electron chi connectivity index (χ3n) is 3.02. The Balaban J connectivity index is 2.44. The first-order chi connectivity index (χ1) is 6.05. The summed E-state index contributed by atoms with van der Waals surface area (Å²) in [6, 6.07) is 0. The Bertz CT molecular complexity index is 311. The first-order valence-corrected chi connectivity index (χ1v) is 4.34. The molecule has 0 bridgehead atoms. The van der Waals surface area contributed by atoms with E-state index < -0.39 is 5.66 Å². The van der Waals surface area contributed by atoms with E-state index in [9.17, 15) is 9.59 Å². The lowest BCUT2D eigenvalue weighted by atomic mass is 10.1. The van der Waals surface area contributed by atoms with Gasteiger partial charge in [0.05, 0.1) is 0 Å². The van der Waals surface area contributed by atoms with Gasteiger partial charge in [-0.15, -0.1) is 0 Å². The summed E-state index contributed by atoms with van der Waals surface area (Å²) in [4.78, 5) is 26.0. The van der Waals surface area contributed by atoms with Crippen molar-refractivity contribution in [2.75, 3.05) is 7.05 Å². The fourth-order valence-electron chi connectivity index (χ4n) is 1.91. The Morgan fingerprint density at radius 2 is 2.15 bits per heavy atom. The molecule has 0 aromatic heterocycles. The van der Waals surface area contributed by atoms with Crippen LogP contribution in [0.4, 0.5) is 0 Å². The van der Waals surface area contributed by atoms with Crippen LogP contribution in [-0.4, -0.2) is 34.3 Å². The molecule has 0 aliphatic carbocycles. The van der Waals surface area contributed by atoms with Crippen molar-refractivity contribution in [2.45, 2.75) is 25.4 Å². The Morgan fingerprint density at radius 1 is 1.46 bits per heavy atom.